The molecule has 0 amide bonds. The number of hydrogen-bond acceptors (Lipinski definition) is 1. The van der Waals surface area contributed by atoms with Gasteiger partial charge in [-0.2, -0.15) is 0 Å². The molecule has 1 aliphatic heterocycles. The Labute approximate surface area is 103 Å². The van der Waals surface area contributed by atoms with Gasteiger partial charge in [-0.15, -0.1) is 0 Å². The summed E-state index contributed by atoms with van der Waals surface area (Å²) in [5.74, 6) is 0.943. The summed E-state index contributed by atoms with van der Waals surface area (Å²) in [6, 6.07) is 0. The molecule has 1 fully saturated rings. The molecule has 1 nitrogen and oxygen atoms in total. The van der Waals surface area contributed by atoms with Crippen LogP contribution in [0.3, 0.4) is 0 Å². The fourth-order valence-corrected chi connectivity index (χ4v) is 2.78. The van der Waals surface area contributed by atoms with Crippen molar-refractivity contribution in [2.24, 2.45) is 5.92 Å². The smallest absolute Gasteiger partial charge is 0.000703 e. The van der Waals surface area contributed by atoms with Gasteiger partial charge in [0.25, 0.3) is 0 Å². The van der Waals surface area contributed by atoms with Gasteiger partial charge >= 0.3 is 0 Å². The van der Waals surface area contributed by atoms with Crippen LogP contribution in [0, 0.1) is 5.92 Å². The Bertz CT molecular complexity index is 156. The summed E-state index contributed by atoms with van der Waals surface area (Å²) >= 11 is 0. The highest BCUT2D eigenvalue weighted by Gasteiger charge is 2.14. The predicted octanol–water partition coefficient (Wildman–Crippen LogP) is 4.47. The zero-order chi connectivity index (χ0) is 11.6. The molecule has 16 heavy (non-hydrogen) atoms. The van der Waals surface area contributed by atoms with Crippen molar-refractivity contribution >= 4 is 0 Å². The van der Waals surface area contributed by atoms with Crippen LogP contribution >= 0.6 is 0 Å². The van der Waals surface area contributed by atoms with E-state index in [2.05, 4.69) is 18.7 Å². The third kappa shape index (κ3) is 6.52. The summed E-state index contributed by atoms with van der Waals surface area (Å²) in [4.78, 5) is 2.68. The van der Waals surface area contributed by atoms with E-state index in [1.54, 1.807) is 0 Å². The van der Waals surface area contributed by atoms with E-state index in [1.165, 1.54) is 77.4 Å². The summed E-state index contributed by atoms with van der Waals surface area (Å²) in [6.45, 7) is 8.77. The molecule has 0 bridgehead atoms. The molecule has 0 aromatic rings. The maximum Gasteiger partial charge on any atom is 0.000703 e. The van der Waals surface area contributed by atoms with Crippen LogP contribution in [-0.4, -0.2) is 24.5 Å². The lowest BCUT2D eigenvalue weighted by Gasteiger charge is -2.30. The van der Waals surface area contributed by atoms with Gasteiger partial charge in [-0.05, 0) is 38.3 Å². The first-order valence-electron chi connectivity index (χ1n) is 7.55. The maximum atomic E-state index is 2.68. The van der Waals surface area contributed by atoms with Crippen LogP contribution < -0.4 is 0 Å². The summed E-state index contributed by atoms with van der Waals surface area (Å²) < 4.78 is 0. The zero-order valence-electron chi connectivity index (χ0n) is 11.5. The molecule has 0 saturated carbocycles. The van der Waals surface area contributed by atoms with E-state index >= 15 is 0 Å². The topological polar surface area (TPSA) is 3.24 Å². The molecule has 0 radical (unpaired) electrons. The quantitative estimate of drug-likeness (QED) is 0.551. The van der Waals surface area contributed by atoms with Gasteiger partial charge in [0.05, 0.1) is 0 Å². The van der Waals surface area contributed by atoms with E-state index < -0.39 is 0 Å². The standard InChI is InChI=1S/C15H31N/c1-3-4-5-6-7-8-9-12-16-13-10-11-15(2)14-16/h15H,3-14H2,1-2H3. The third-order valence-electron chi connectivity index (χ3n) is 3.82. The Morgan fingerprint density at radius 1 is 1.00 bits per heavy atom. The van der Waals surface area contributed by atoms with Gasteiger partial charge in [-0.25, -0.2) is 0 Å². The summed E-state index contributed by atoms with van der Waals surface area (Å²) in [6.07, 6.45) is 12.9. The summed E-state index contributed by atoms with van der Waals surface area (Å²) in [7, 11) is 0. The van der Waals surface area contributed by atoms with Crippen LogP contribution in [0.15, 0.2) is 0 Å². The van der Waals surface area contributed by atoms with Crippen LogP contribution in [0.1, 0.15) is 71.6 Å². The molecule has 0 aliphatic carbocycles. The lowest BCUT2D eigenvalue weighted by atomic mass is 10.00. The van der Waals surface area contributed by atoms with Gasteiger partial charge in [0.2, 0.25) is 0 Å². The van der Waals surface area contributed by atoms with Crippen molar-refractivity contribution in [2.45, 2.75) is 71.6 Å². The summed E-state index contributed by atoms with van der Waals surface area (Å²) in [5, 5.41) is 0. The van der Waals surface area contributed by atoms with Crippen LogP contribution in [0.2, 0.25) is 0 Å². The number of unbranched alkanes of at least 4 members (excludes halogenated alkanes) is 6. The molecule has 1 aliphatic rings. The Balaban J connectivity index is 1.86. The second-order valence-corrected chi connectivity index (χ2v) is 5.67. The van der Waals surface area contributed by atoms with Gasteiger partial charge < -0.3 is 4.90 Å². The van der Waals surface area contributed by atoms with Crippen molar-refractivity contribution in [3.8, 4) is 0 Å². The maximum absolute atomic E-state index is 2.68. The highest BCUT2D eigenvalue weighted by molar-refractivity contribution is 4.69. The molecule has 1 rings (SSSR count). The van der Waals surface area contributed by atoms with E-state index in [0.717, 1.165) is 5.92 Å². The summed E-state index contributed by atoms with van der Waals surface area (Å²) in [5.41, 5.74) is 0. The molecular weight excluding hydrogens is 194 g/mol. The van der Waals surface area contributed by atoms with Crippen LogP contribution in [0.5, 0.6) is 0 Å². The van der Waals surface area contributed by atoms with Crippen molar-refractivity contribution in [3.63, 3.8) is 0 Å². The van der Waals surface area contributed by atoms with Gasteiger partial charge in [0, 0.05) is 6.54 Å². The second kappa shape index (κ2) is 9.04. The third-order valence-corrected chi connectivity index (χ3v) is 3.82. The van der Waals surface area contributed by atoms with E-state index in [4.69, 9.17) is 0 Å². The number of hydrogen-bond donors (Lipinski definition) is 0. The highest BCUT2D eigenvalue weighted by Crippen LogP contribution is 2.16. The van der Waals surface area contributed by atoms with E-state index in [1.807, 2.05) is 0 Å². The Morgan fingerprint density at radius 3 is 2.38 bits per heavy atom. The minimum Gasteiger partial charge on any atom is -0.303 e. The largest absolute Gasteiger partial charge is 0.303 e. The molecule has 1 unspecified atom stereocenters. The average molecular weight is 225 g/mol. The van der Waals surface area contributed by atoms with Crippen molar-refractivity contribution in [3.05, 3.63) is 0 Å². The van der Waals surface area contributed by atoms with E-state index in [-0.39, 0.29) is 0 Å². The molecular formula is C15H31N. The minimum atomic E-state index is 0.943. The lowest BCUT2D eigenvalue weighted by Crippen LogP contribution is -2.34. The molecule has 0 N–H and O–H groups in total. The number of piperidine rings is 1. The number of rotatable bonds is 8. The number of likely N-dealkylation sites (tertiary alicyclic amines) is 1. The van der Waals surface area contributed by atoms with Crippen molar-refractivity contribution in [2.75, 3.05) is 19.6 Å². The van der Waals surface area contributed by atoms with Gasteiger partial charge in [0.15, 0.2) is 0 Å². The predicted molar refractivity (Wildman–Crippen MR) is 72.8 cm³/mol. The van der Waals surface area contributed by atoms with Gasteiger partial charge in [-0.1, -0.05) is 52.4 Å². The molecule has 0 aromatic carbocycles. The van der Waals surface area contributed by atoms with E-state index in [9.17, 15) is 0 Å². The molecule has 1 atom stereocenters. The van der Waals surface area contributed by atoms with Crippen molar-refractivity contribution in [1.29, 1.82) is 0 Å². The Hall–Kier alpha value is -0.0400. The van der Waals surface area contributed by atoms with Crippen LogP contribution in [-0.2, 0) is 0 Å². The monoisotopic (exact) mass is 225 g/mol. The zero-order valence-corrected chi connectivity index (χ0v) is 11.5. The molecule has 1 heterocycles. The van der Waals surface area contributed by atoms with Gasteiger partial charge in [-0.3, -0.25) is 0 Å². The molecule has 0 spiro atoms. The molecule has 0 aromatic heterocycles. The first-order chi connectivity index (χ1) is 7.83. The molecule has 1 saturated heterocycles. The van der Waals surface area contributed by atoms with Crippen LogP contribution in [0.4, 0.5) is 0 Å². The highest BCUT2D eigenvalue weighted by atomic mass is 15.1. The van der Waals surface area contributed by atoms with Gasteiger partial charge in [0.1, 0.15) is 0 Å². The molecule has 1 heteroatoms. The Morgan fingerprint density at radius 2 is 1.69 bits per heavy atom. The van der Waals surface area contributed by atoms with E-state index in [0.29, 0.717) is 0 Å². The average Bonchev–Trinajstić information content (AvgIpc) is 2.28. The second-order valence-electron chi connectivity index (χ2n) is 5.67. The van der Waals surface area contributed by atoms with Crippen molar-refractivity contribution in [1.82, 2.24) is 4.90 Å². The lowest BCUT2D eigenvalue weighted by molar-refractivity contribution is 0.180. The fourth-order valence-electron chi connectivity index (χ4n) is 2.78. The Kier molecular flexibility index (Phi) is 7.92. The fraction of sp³-hybridized carbons (Fsp3) is 1.00. The first kappa shape index (κ1) is 14.0. The van der Waals surface area contributed by atoms with Crippen LogP contribution in [0.25, 0.3) is 0 Å². The molecule has 96 valence electrons. The minimum absolute atomic E-state index is 0.943. The SMILES string of the molecule is CCCCCCCCCN1CCCC(C)C1. The first-order valence-corrected chi connectivity index (χ1v) is 7.55. The number of nitrogens with zero attached hydrogens (tertiary/aromatic N) is 1. The van der Waals surface area contributed by atoms with Crippen molar-refractivity contribution < 1.29 is 0 Å². The normalized spacial score (nSPS) is 22.5.